The number of nitrogens with one attached hydrogen (secondary N) is 1. The third-order valence-corrected chi connectivity index (χ3v) is 6.70. The molecule has 0 aromatic heterocycles. The Labute approximate surface area is 181 Å². The molecule has 2 fully saturated rings. The molecule has 2 unspecified atom stereocenters. The maximum Gasteiger partial charge on any atom is 0.140 e. The molecule has 4 nitrogen and oxygen atoms in total. The molecular weight excluding hydrogens is 370 g/mol. The summed E-state index contributed by atoms with van der Waals surface area (Å²) in [5, 5.41) is 3.59. The van der Waals surface area contributed by atoms with Gasteiger partial charge >= 0.3 is 0 Å². The second-order valence-corrected chi connectivity index (χ2v) is 9.89. The lowest BCUT2D eigenvalue weighted by molar-refractivity contribution is -0.115. The molecule has 2 aliphatic rings. The monoisotopic (exact) mass is 405 g/mol. The minimum absolute atomic E-state index is 0.0918. The van der Waals surface area contributed by atoms with Crippen LogP contribution in [0.4, 0.5) is 0 Å². The van der Waals surface area contributed by atoms with Crippen molar-refractivity contribution in [3.63, 3.8) is 0 Å². The van der Waals surface area contributed by atoms with E-state index >= 15 is 0 Å². The smallest absolute Gasteiger partial charge is 0.140 e. The molecule has 0 amide bonds. The molecule has 1 aliphatic carbocycles. The molecule has 2 aromatic rings. The normalized spacial score (nSPS) is 25.4. The summed E-state index contributed by atoms with van der Waals surface area (Å²) in [6, 6.07) is 21.8. The van der Waals surface area contributed by atoms with Crippen molar-refractivity contribution in [2.45, 2.75) is 44.3 Å². The van der Waals surface area contributed by atoms with Crippen molar-refractivity contribution in [1.29, 1.82) is 0 Å². The predicted molar refractivity (Wildman–Crippen MR) is 123 cm³/mol. The van der Waals surface area contributed by atoms with Crippen LogP contribution in [0.2, 0.25) is 0 Å². The first-order chi connectivity index (χ1) is 14.4. The molecule has 160 valence electrons. The van der Waals surface area contributed by atoms with E-state index in [4.69, 9.17) is 0 Å². The number of hydrogen-bond donors (Lipinski definition) is 1. The highest BCUT2D eigenvalue weighted by Crippen LogP contribution is 2.47. The molecule has 0 radical (unpaired) electrons. The zero-order valence-corrected chi connectivity index (χ0v) is 18.6. The molecule has 2 aromatic carbocycles. The summed E-state index contributed by atoms with van der Waals surface area (Å²) in [7, 11) is 0. The van der Waals surface area contributed by atoms with E-state index in [0.717, 1.165) is 39.1 Å². The fraction of sp³-hybridized carbons (Fsp3) is 0.500. The largest absolute Gasteiger partial charge is 0.312 e. The summed E-state index contributed by atoms with van der Waals surface area (Å²) in [5.74, 6) is 0.430. The van der Waals surface area contributed by atoms with Crippen LogP contribution in [0.5, 0.6) is 0 Å². The van der Waals surface area contributed by atoms with Crippen LogP contribution in [-0.2, 0) is 4.79 Å². The number of carbonyl (C=O) groups is 1. The zero-order valence-electron chi connectivity index (χ0n) is 18.6. The van der Waals surface area contributed by atoms with Crippen LogP contribution in [-0.4, -0.2) is 59.9 Å². The van der Waals surface area contributed by atoms with Crippen molar-refractivity contribution in [2.24, 2.45) is 5.92 Å². The number of rotatable bonds is 7. The third-order valence-electron chi connectivity index (χ3n) is 6.70. The summed E-state index contributed by atoms with van der Waals surface area (Å²) in [6.07, 6.45) is 2.21. The van der Waals surface area contributed by atoms with E-state index in [1.54, 1.807) is 0 Å². The summed E-state index contributed by atoms with van der Waals surface area (Å²) in [6.45, 7) is 11.3. The molecule has 1 aliphatic heterocycles. The molecule has 1 saturated heterocycles. The van der Waals surface area contributed by atoms with Gasteiger partial charge in [-0.1, -0.05) is 60.7 Å². The lowest BCUT2D eigenvalue weighted by Crippen LogP contribution is -2.54. The Hall–Kier alpha value is -2.01. The maximum atomic E-state index is 12.1. The first-order valence-corrected chi connectivity index (χ1v) is 11.2. The van der Waals surface area contributed by atoms with E-state index in [0.29, 0.717) is 5.92 Å². The Bertz CT molecular complexity index is 785. The van der Waals surface area contributed by atoms with Crippen LogP contribution in [0.3, 0.4) is 0 Å². The van der Waals surface area contributed by atoms with Gasteiger partial charge in [0.1, 0.15) is 6.29 Å². The fourth-order valence-electron chi connectivity index (χ4n) is 4.90. The molecule has 4 rings (SSSR count). The van der Waals surface area contributed by atoms with Crippen LogP contribution < -0.4 is 5.32 Å². The van der Waals surface area contributed by atoms with Crippen LogP contribution in [0, 0.1) is 5.92 Å². The summed E-state index contributed by atoms with van der Waals surface area (Å²) < 4.78 is 0. The van der Waals surface area contributed by atoms with Gasteiger partial charge < -0.3 is 10.1 Å². The SMILES string of the molecule is CC(C)(C)NCC1CC1(C=O)N1CCN(C(c2ccccc2)c2ccccc2)CC1. The number of carbonyl (C=O) groups excluding carboxylic acids is 1. The van der Waals surface area contributed by atoms with E-state index in [1.165, 1.54) is 17.4 Å². The minimum atomic E-state index is -0.251. The number of hydrogen-bond acceptors (Lipinski definition) is 4. The van der Waals surface area contributed by atoms with Gasteiger partial charge in [-0.2, -0.15) is 0 Å². The highest BCUT2D eigenvalue weighted by atomic mass is 16.1. The van der Waals surface area contributed by atoms with E-state index in [2.05, 4.69) is 96.6 Å². The van der Waals surface area contributed by atoms with Gasteiger partial charge in [0, 0.05) is 38.3 Å². The average molecular weight is 406 g/mol. The Morgan fingerprint density at radius 3 is 1.97 bits per heavy atom. The Kier molecular flexibility index (Phi) is 6.10. The van der Waals surface area contributed by atoms with Gasteiger partial charge in [-0.3, -0.25) is 9.80 Å². The van der Waals surface area contributed by atoms with Crippen LogP contribution in [0.25, 0.3) is 0 Å². The van der Waals surface area contributed by atoms with Crippen LogP contribution in [0.1, 0.15) is 44.4 Å². The number of aldehydes is 1. The first kappa shape index (κ1) is 21.2. The molecule has 0 bridgehead atoms. The summed E-state index contributed by atoms with van der Waals surface area (Å²) >= 11 is 0. The molecule has 2 atom stereocenters. The maximum absolute atomic E-state index is 12.1. The minimum Gasteiger partial charge on any atom is -0.312 e. The van der Waals surface area contributed by atoms with E-state index in [9.17, 15) is 4.79 Å². The average Bonchev–Trinajstić information content (AvgIpc) is 3.49. The highest BCUT2D eigenvalue weighted by Gasteiger charge is 2.58. The van der Waals surface area contributed by atoms with Crippen molar-refractivity contribution >= 4 is 6.29 Å². The van der Waals surface area contributed by atoms with Gasteiger partial charge in [0.05, 0.1) is 11.6 Å². The quantitative estimate of drug-likeness (QED) is 0.712. The van der Waals surface area contributed by atoms with Gasteiger partial charge in [0.25, 0.3) is 0 Å². The third kappa shape index (κ3) is 4.51. The number of piperazine rings is 1. The van der Waals surface area contributed by atoms with Crippen LogP contribution >= 0.6 is 0 Å². The van der Waals surface area contributed by atoms with Gasteiger partial charge in [-0.05, 0) is 44.2 Å². The summed E-state index contributed by atoms with van der Waals surface area (Å²) in [4.78, 5) is 17.1. The van der Waals surface area contributed by atoms with E-state index < -0.39 is 0 Å². The first-order valence-electron chi connectivity index (χ1n) is 11.2. The van der Waals surface area contributed by atoms with E-state index in [-0.39, 0.29) is 17.1 Å². The molecular formula is C26H35N3O. The highest BCUT2D eigenvalue weighted by molar-refractivity contribution is 5.70. The number of nitrogens with zero attached hydrogens (tertiary/aromatic N) is 2. The van der Waals surface area contributed by atoms with Crippen molar-refractivity contribution in [3.8, 4) is 0 Å². The second kappa shape index (κ2) is 8.62. The second-order valence-electron chi connectivity index (χ2n) is 9.89. The lowest BCUT2D eigenvalue weighted by Gasteiger charge is -2.42. The topological polar surface area (TPSA) is 35.6 Å². The fourth-order valence-corrected chi connectivity index (χ4v) is 4.90. The Balaban J connectivity index is 1.44. The molecule has 0 spiro atoms. The van der Waals surface area contributed by atoms with Gasteiger partial charge in [-0.15, -0.1) is 0 Å². The van der Waals surface area contributed by atoms with Gasteiger partial charge in [0.15, 0.2) is 0 Å². The van der Waals surface area contributed by atoms with Gasteiger partial charge in [-0.25, -0.2) is 0 Å². The van der Waals surface area contributed by atoms with Crippen molar-refractivity contribution in [3.05, 3.63) is 71.8 Å². The molecule has 4 heteroatoms. The zero-order chi connectivity index (χ0) is 21.2. The molecule has 1 saturated carbocycles. The van der Waals surface area contributed by atoms with Gasteiger partial charge in [0.2, 0.25) is 0 Å². The number of benzene rings is 2. The molecule has 1 heterocycles. The van der Waals surface area contributed by atoms with Crippen LogP contribution in [0.15, 0.2) is 60.7 Å². The molecule has 1 N–H and O–H groups in total. The summed E-state index contributed by atoms with van der Waals surface area (Å²) in [5.41, 5.74) is 2.51. The standard InChI is InChI=1S/C26H35N3O/c1-25(2,3)27-19-23-18-26(23,20-30)29-16-14-28(15-17-29)24(21-10-6-4-7-11-21)22-12-8-5-9-13-22/h4-13,20,23-24,27H,14-19H2,1-3H3. The molecule has 30 heavy (non-hydrogen) atoms. The predicted octanol–water partition coefficient (Wildman–Crippen LogP) is 3.74. The Morgan fingerprint density at radius 1 is 0.967 bits per heavy atom. The van der Waals surface area contributed by atoms with Crippen molar-refractivity contribution in [2.75, 3.05) is 32.7 Å². The lowest BCUT2D eigenvalue weighted by atomic mass is 9.96. The van der Waals surface area contributed by atoms with Crippen molar-refractivity contribution in [1.82, 2.24) is 15.1 Å². The Morgan fingerprint density at radius 2 is 1.50 bits per heavy atom. The van der Waals surface area contributed by atoms with E-state index in [1.807, 2.05) is 0 Å². The van der Waals surface area contributed by atoms with Crippen molar-refractivity contribution < 1.29 is 4.79 Å².